The molecule has 0 saturated heterocycles. The first-order chi connectivity index (χ1) is 18.6. The summed E-state index contributed by atoms with van der Waals surface area (Å²) in [7, 11) is 0. The zero-order valence-corrected chi connectivity index (χ0v) is 19.3. The largest absolute Gasteiger partial charge is 0.573 e. The minimum absolute atomic E-state index is 0.0807. The summed E-state index contributed by atoms with van der Waals surface area (Å²) in [6, 6.07) is 12.3. The highest BCUT2D eigenvalue weighted by molar-refractivity contribution is 5.58. The van der Waals surface area contributed by atoms with Crippen LogP contribution in [0.5, 0.6) is 11.6 Å². The van der Waals surface area contributed by atoms with Crippen LogP contribution in [-0.4, -0.2) is 42.3 Å². The Kier molecular flexibility index (Phi) is 6.55. The van der Waals surface area contributed by atoms with Crippen LogP contribution in [-0.2, 0) is 0 Å². The second kappa shape index (κ2) is 10.00. The molecule has 5 aromatic rings. The normalized spacial score (nSPS) is 11.7. The summed E-state index contributed by atoms with van der Waals surface area (Å²) in [5.41, 5.74) is -0.517. The van der Waals surface area contributed by atoms with Crippen molar-refractivity contribution >= 4 is 0 Å². The molecule has 0 atom stereocenters. The lowest BCUT2D eigenvalue weighted by molar-refractivity contribution is -0.274. The number of alkyl halides is 5. The van der Waals surface area contributed by atoms with E-state index in [1.807, 2.05) is 0 Å². The topological polar surface area (TPSA) is 89.0 Å². The van der Waals surface area contributed by atoms with Gasteiger partial charge in [0.2, 0.25) is 11.3 Å². The summed E-state index contributed by atoms with van der Waals surface area (Å²) in [6.45, 7) is -3.11. The molecule has 0 N–H and O–H groups in total. The van der Waals surface area contributed by atoms with Gasteiger partial charge in [0.1, 0.15) is 11.4 Å². The van der Waals surface area contributed by atoms with Crippen molar-refractivity contribution in [1.82, 2.24) is 29.3 Å². The third-order valence-electron chi connectivity index (χ3n) is 5.23. The maximum absolute atomic E-state index is 15.1. The Morgan fingerprint density at radius 3 is 2.36 bits per heavy atom. The Labute approximate surface area is 214 Å². The van der Waals surface area contributed by atoms with Gasteiger partial charge in [0.05, 0.1) is 29.5 Å². The Morgan fingerprint density at radius 1 is 0.872 bits per heavy atom. The van der Waals surface area contributed by atoms with E-state index in [0.29, 0.717) is 0 Å². The summed E-state index contributed by atoms with van der Waals surface area (Å²) in [5.74, 6) is -1.64. The van der Waals surface area contributed by atoms with Crippen molar-refractivity contribution in [3.63, 3.8) is 0 Å². The first-order valence-electron chi connectivity index (χ1n) is 10.9. The molecule has 0 unspecified atom stereocenters. The van der Waals surface area contributed by atoms with Crippen LogP contribution in [0.4, 0.5) is 26.3 Å². The van der Waals surface area contributed by atoms with Gasteiger partial charge in [-0.15, -0.1) is 13.2 Å². The highest BCUT2D eigenvalue weighted by atomic mass is 19.4. The smallest absolute Gasteiger partial charge is 0.417 e. The lowest BCUT2D eigenvalue weighted by atomic mass is 10.2. The molecule has 15 heteroatoms. The van der Waals surface area contributed by atoms with Gasteiger partial charge in [0.25, 0.3) is 0 Å². The highest BCUT2D eigenvalue weighted by Gasteiger charge is 2.31. The van der Waals surface area contributed by atoms with E-state index in [-0.39, 0.29) is 34.3 Å². The van der Waals surface area contributed by atoms with Crippen LogP contribution < -0.4 is 14.9 Å². The first kappa shape index (κ1) is 25.6. The van der Waals surface area contributed by atoms with E-state index >= 15 is 4.39 Å². The average molecular weight is 548 g/mol. The molecule has 0 radical (unpaired) electrons. The van der Waals surface area contributed by atoms with Crippen LogP contribution in [0.3, 0.4) is 0 Å². The van der Waals surface area contributed by atoms with Gasteiger partial charge in [-0.05, 0) is 30.3 Å². The Bertz CT molecular complexity index is 1690. The number of benzene rings is 2. The number of aromatic nitrogens is 6. The maximum atomic E-state index is 15.1. The van der Waals surface area contributed by atoms with Gasteiger partial charge in [-0.1, -0.05) is 6.07 Å². The minimum Gasteiger partial charge on any atom is -0.417 e. The van der Waals surface area contributed by atoms with Gasteiger partial charge in [-0.3, -0.25) is 4.79 Å². The summed E-state index contributed by atoms with van der Waals surface area (Å²) in [4.78, 5) is 12.7. The molecule has 2 aromatic carbocycles. The summed E-state index contributed by atoms with van der Waals surface area (Å²) < 4.78 is 89.9. The molecule has 0 saturated carbocycles. The second-order valence-corrected chi connectivity index (χ2v) is 7.74. The van der Waals surface area contributed by atoms with Crippen molar-refractivity contribution in [2.24, 2.45) is 0 Å². The maximum Gasteiger partial charge on any atom is 0.573 e. The molecule has 0 amide bonds. The van der Waals surface area contributed by atoms with Gasteiger partial charge in [0.15, 0.2) is 11.5 Å². The lowest BCUT2D eigenvalue weighted by Gasteiger charge is -2.13. The van der Waals surface area contributed by atoms with Crippen molar-refractivity contribution in [2.75, 3.05) is 0 Å². The van der Waals surface area contributed by atoms with Gasteiger partial charge in [0, 0.05) is 30.5 Å². The number of halogens is 6. The number of ether oxygens (including phenoxy) is 2. The molecular weight excluding hydrogens is 534 g/mol. The fraction of sp³-hybridized carbons (Fsp3) is 0.0833. The van der Waals surface area contributed by atoms with Crippen molar-refractivity contribution in [1.29, 1.82) is 0 Å². The van der Waals surface area contributed by atoms with Crippen LogP contribution in [0.15, 0.2) is 84.0 Å². The number of hydrogen-bond donors (Lipinski definition) is 0. The molecule has 3 heterocycles. The average Bonchev–Trinajstić information content (AvgIpc) is 3.53. The van der Waals surface area contributed by atoms with Crippen LogP contribution in [0.25, 0.3) is 28.5 Å². The quantitative estimate of drug-likeness (QED) is 0.269. The summed E-state index contributed by atoms with van der Waals surface area (Å²) in [5, 5.41) is 12.1. The molecule has 39 heavy (non-hydrogen) atoms. The molecule has 5 rings (SSSR count). The van der Waals surface area contributed by atoms with Crippen molar-refractivity contribution in [3.8, 4) is 40.1 Å². The number of hydrogen-bond acceptors (Lipinski definition) is 6. The van der Waals surface area contributed by atoms with E-state index in [4.69, 9.17) is 0 Å². The SMILES string of the molecule is O=c1ccn(-c2ccc(-n3nccc3OC(F)F)cc2F)nc1-c1ccnn1-c1cccc(OC(F)(F)F)c1. The van der Waals surface area contributed by atoms with Crippen LogP contribution in [0.1, 0.15) is 0 Å². The molecule has 0 aliphatic heterocycles. The molecule has 0 fully saturated rings. The fourth-order valence-electron chi connectivity index (χ4n) is 3.70. The van der Waals surface area contributed by atoms with E-state index in [9.17, 15) is 26.7 Å². The van der Waals surface area contributed by atoms with Gasteiger partial charge < -0.3 is 9.47 Å². The third kappa shape index (κ3) is 5.46. The summed E-state index contributed by atoms with van der Waals surface area (Å²) in [6.07, 6.45) is -1.19. The van der Waals surface area contributed by atoms with E-state index < -0.39 is 30.0 Å². The highest BCUT2D eigenvalue weighted by Crippen LogP contribution is 2.27. The van der Waals surface area contributed by atoms with Crippen LogP contribution in [0, 0.1) is 5.82 Å². The van der Waals surface area contributed by atoms with Gasteiger partial charge >= 0.3 is 13.0 Å². The zero-order valence-electron chi connectivity index (χ0n) is 19.3. The molecule has 200 valence electrons. The molecule has 0 bridgehead atoms. The van der Waals surface area contributed by atoms with Crippen molar-refractivity contribution in [2.45, 2.75) is 13.0 Å². The molecule has 0 aliphatic carbocycles. The second-order valence-electron chi connectivity index (χ2n) is 7.74. The predicted octanol–water partition coefficient (Wildman–Crippen LogP) is 4.91. The lowest BCUT2D eigenvalue weighted by Crippen LogP contribution is -2.17. The number of nitrogens with zero attached hydrogens (tertiary/aromatic N) is 6. The molecule has 3 aromatic heterocycles. The van der Waals surface area contributed by atoms with Crippen LogP contribution >= 0.6 is 0 Å². The first-order valence-corrected chi connectivity index (χ1v) is 10.9. The molecule has 0 aliphatic rings. The zero-order chi connectivity index (χ0) is 27.7. The van der Waals surface area contributed by atoms with E-state index in [2.05, 4.69) is 24.8 Å². The monoisotopic (exact) mass is 548 g/mol. The van der Waals surface area contributed by atoms with Crippen LogP contribution in [0.2, 0.25) is 0 Å². The van der Waals surface area contributed by atoms with E-state index in [0.717, 1.165) is 33.6 Å². The Balaban J connectivity index is 1.51. The predicted molar refractivity (Wildman–Crippen MR) is 123 cm³/mol. The number of rotatable bonds is 7. The van der Waals surface area contributed by atoms with Crippen molar-refractivity contribution in [3.05, 3.63) is 95.3 Å². The third-order valence-corrected chi connectivity index (χ3v) is 5.23. The Morgan fingerprint density at radius 2 is 1.62 bits per heavy atom. The Hall–Kier alpha value is -5.08. The van der Waals surface area contributed by atoms with Crippen molar-refractivity contribution < 1.29 is 35.8 Å². The summed E-state index contributed by atoms with van der Waals surface area (Å²) >= 11 is 0. The molecule has 0 spiro atoms. The van der Waals surface area contributed by atoms with Gasteiger partial charge in [-0.2, -0.15) is 24.1 Å². The molecule has 9 nitrogen and oxygen atoms in total. The standard InChI is InChI=1S/C24H14F6N6O3/c25-17-13-15(36-21(7-10-32-36)38-23(26)27)4-5-18(17)34-11-8-20(37)22(33-34)19-6-9-31-35(19)14-2-1-3-16(12-14)39-24(28,29)30/h1-13,23H. The van der Waals surface area contributed by atoms with E-state index in [1.165, 1.54) is 59.7 Å². The van der Waals surface area contributed by atoms with Gasteiger partial charge in [-0.25, -0.2) is 18.4 Å². The van der Waals surface area contributed by atoms with E-state index in [1.54, 1.807) is 0 Å². The minimum atomic E-state index is -4.91. The molecular formula is C24H14F6N6O3. The fourth-order valence-corrected chi connectivity index (χ4v) is 3.70.